The molecule has 0 atom stereocenters. The molecule has 5 nitrogen and oxygen atoms in total. The fraction of sp³-hybridized carbons (Fsp3) is 0. The first-order valence-corrected chi connectivity index (χ1v) is 7.09. The minimum absolute atomic E-state index is 0.00375. The van der Waals surface area contributed by atoms with E-state index in [2.05, 4.69) is 15.3 Å². The molecule has 3 rings (SSSR count). The molecule has 1 N–H and O–H groups in total. The number of hydrogen-bond acceptors (Lipinski definition) is 4. The summed E-state index contributed by atoms with van der Waals surface area (Å²) >= 11 is 6.90. The number of nitrogens with zero attached hydrogens (tertiary/aromatic N) is 3. The first-order valence-electron chi connectivity index (χ1n) is 5.84. The lowest BCUT2D eigenvalue weighted by Gasteiger charge is -2.03. The van der Waals surface area contributed by atoms with E-state index in [1.165, 1.54) is 23.5 Å². The van der Waals surface area contributed by atoms with Crippen molar-refractivity contribution < 1.29 is 9.18 Å². The van der Waals surface area contributed by atoms with E-state index in [1.54, 1.807) is 28.7 Å². The zero-order valence-corrected chi connectivity index (χ0v) is 12.0. The van der Waals surface area contributed by atoms with Crippen molar-refractivity contribution in [2.24, 2.45) is 0 Å². The second-order valence-corrected chi connectivity index (χ2v) is 5.31. The van der Waals surface area contributed by atoms with E-state index in [9.17, 15) is 9.18 Å². The minimum Gasteiger partial charge on any atom is -0.321 e. The van der Waals surface area contributed by atoms with Gasteiger partial charge in [-0.3, -0.25) is 9.36 Å². The first kappa shape index (κ1) is 13.7. The number of halogens is 2. The average Bonchev–Trinajstić information content (AvgIpc) is 3.12. The van der Waals surface area contributed by atoms with Gasteiger partial charge < -0.3 is 5.32 Å². The van der Waals surface area contributed by atoms with Gasteiger partial charge in [0.25, 0.3) is 5.91 Å². The fourth-order valence-electron chi connectivity index (χ4n) is 1.63. The van der Waals surface area contributed by atoms with Crippen molar-refractivity contribution in [2.45, 2.75) is 0 Å². The highest BCUT2D eigenvalue weighted by Crippen LogP contribution is 2.20. The van der Waals surface area contributed by atoms with Crippen molar-refractivity contribution >= 4 is 34.5 Å². The number of imidazole rings is 1. The van der Waals surface area contributed by atoms with E-state index < -0.39 is 11.7 Å². The van der Waals surface area contributed by atoms with Gasteiger partial charge in [0.05, 0.1) is 5.02 Å². The molecular weight excluding hydrogens is 315 g/mol. The summed E-state index contributed by atoms with van der Waals surface area (Å²) in [7, 11) is 0. The van der Waals surface area contributed by atoms with Crippen molar-refractivity contribution in [1.29, 1.82) is 0 Å². The predicted octanol–water partition coefficient (Wildman–Crippen LogP) is 3.37. The Morgan fingerprint density at radius 1 is 1.43 bits per heavy atom. The Morgan fingerprint density at radius 3 is 3.00 bits per heavy atom. The van der Waals surface area contributed by atoms with Crippen LogP contribution in [0.25, 0.3) is 5.13 Å². The molecule has 106 valence electrons. The number of carbonyl (C=O) groups excluding carboxylic acids is 1. The SMILES string of the molecule is O=C(Nc1ccc(Cl)c(F)c1)c1csc(-n2ccnc2)n1. The zero-order chi connectivity index (χ0) is 14.8. The summed E-state index contributed by atoms with van der Waals surface area (Å²) in [4.78, 5) is 20.2. The Morgan fingerprint density at radius 2 is 2.29 bits per heavy atom. The highest BCUT2D eigenvalue weighted by Gasteiger charge is 2.12. The summed E-state index contributed by atoms with van der Waals surface area (Å²) in [6.45, 7) is 0. The van der Waals surface area contributed by atoms with Crippen LogP contribution in [0.1, 0.15) is 10.5 Å². The quantitative estimate of drug-likeness (QED) is 0.804. The van der Waals surface area contributed by atoms with E-state index in [0.717, 1.165) is 6.07 Å². The van der Waals surface area contributed by atoms with Crippen LogP contribution in [0, 0.1) is 5.82 Å². The van der Waals surface area contributed by atoms with Crippen LogP contribution in [-0.4, -0.2) is 20.4 Å². The monoisotopic (exact) mass is 322 g/mol. The molecule has 0 saturated carbocycles. The molecule has 0 aliphatic heterocycles. The summed E-state index contributed by atoms with van der Waals surface area (Å²) < 4.78 is 15.0. The van der Waals surface area contributed by atoms with E-state index in [-0.39, 0.29) is 10.7 Å². The van der Waals surface area contributed by atoms with Crippen molar-refractivity contribution in [2.75, 3.05) is 5.32 Å². The van der Waals surface area contributed by atoms with E-state index in [0.29, 0.717) is 10.8 Å². The number of amides is 1. The van der Waals surface area contributed by atoms with E-state index in [1.807, 2.05) is 0 Å². The number of carbonyl (C=O) groups is 1. The number of benzene rings is 1. The molecule has 0 aliphatic carbocycles. The molecule has 0 saturated heterocycles. The molecule has 1 amide bonds. The molecule has 0 bridgehead atoms. The molecule has 3 aromatic rings. The average molecular weight is 323 g/mol. The van der Waals surface area contributed by atoms with E-state index >= 15 is 0 Å². The molecule has 0 unspecified atom stereocenters. The zero-order valence-electron chi connectivity index (χ0n) is 10.5. The summed E-state index contributed by atoms with van der Waals surface area (Å²) in [6, 6.07) is 4.06. The van der Waals surface area contributed by atoms with Gasteiger partial charge in [0.15, 0.2) is 5.13 Å². The minimum atomic E-state index is -0.591. The van der Waals surface area contributed by atoms with Gasteiger partial charge in [0, 0.05) is 23.5 Å². The summed E-state index contributed by atoms with van der Waals surface area (Å²) in [5.41, 5.74) is 0.568. The topological polar surface area (TPSA) is 59.8 Å². The number of thiazole rings is 1. The highest BCUT2D eigenvalue weighted by molar-refractivity contribution is 7.12. The van der Waals surface area contributed by atoms with Crippen molar-refractivity contribution in [3.8, 4) is 5.13 Å². The van der Waals surface area contributed by atoms with Gasteiger partial charge in [-0.05, 0) is 18.2 Å². The van der Waals surface area contributed by atoms with Crippen molar-refractivity contribution in [1.82, 2.24) is 14.5 Å². The number of rotatable bonds is 3. The molecule has 2 heterocycles. The van der Waals surface area contributed by atoms with Gasteiger partial charge >= 0.3 is 0 Å². The summed E-state index contributed by atoms with van der Waals surface area (Å²) in [5.74, 6) is -1.01. The van der Waals surface area contributed by atoms with Gasteiger partial charge in [0.2, 0.25) is 0 Å². The molecule has 0 spiro atoms. The lowest BCUT2D eigenvalue weighted by Crippen LogP contribution is -2.12. The molecular formula is C13H8ClFN4OS. The maximum Gasteiger partial charge on any atom is 0.275 e. The third kappa shape index (κ3) is 2.93. The van der Waals surface area contributed by atoms with Crippen LogP contribution in [0.15, 0.2) is 42.3 Å². The first-order chi connectivity index (χ1) is 10.1. The number of nitrogens with one attached hydrogen (secondary N) is 1. The third-order valence-corrected chi connectivity index (χ3v) is 3.79. The molecule has 21 heavy (non-hydrogen) atoms. The summed E-state index contributed by atoms with van der Waals surface area (Å²) in [6.07, 6.45) is 4.95. The molecule has 1 aromatic carbocycles. The molecule has 0 aliphatic rings. The third-order valence-electron chi connectivity index (χ3n) is 2.63. The van der Waals surface area contributed by atoms with Crippen LogP contribution >= 0.6 is 22.9 Å². The molecule has 0 fully saturated rings. The Bertz CT molecular complexity index is 787. The van der Waals surface area contributed by atoms with Gasteiger partial charge in [0.1, 0.15) is 17.8 Å². The number of anilines is 1. The van der Waals surface area contributed by atoms with Crippen LogP contribution in [0.3, 0.4) is 0 Å². The van der Waals surface area contributed by atoms with Crippen molar-refractivity contribution in [3.05, 3.63) is 58.8 Å². The Kier molecular flexibility index (Phi) is 3.68. The Balaban J connectivity index is 1.78. The van der Waals surface area contributed by atoms with Crippen LogP contribution < -0.4 is 5.32 Å². The van der Waals surface area contributed by atoms with Crippen LogP contribution in [0.5, 0.6) is 0 Å². The van der Waals surface area contributed by atoms with Crippen molar-refractivity contribution in [3.63, 3.8) is 0 Å². The normalized spacial score (nSPS) is 10.6. The van der Waals surface area contributed by atoms with Gasteiger partial charge in [-0.2, -0.15) is 0 Å². The maximum absolute atomic E-state index is 13.3. The lowest BCUT2D eigenvalue weighted by atomic mass is 10.3. The highest BCUT2D eigenvalue weighted by atomic mass is 35.5. The standard InChI is InChI=1S/C13H8ClFN4OS/c14-9-2-1-8(5-10(9)15)17-12(20)11-6-21-13(18-11)19-4-3-16-7-19/h1-7H,(H,17,20). The Labute approximate surface area is 128 Å². The molecule has 2 aromatic heterocycles. The van der Waals surface area contributed by atoms with Crippen LogP contribution in [0.4, 0.5) is 10.1 Å². The van der Waals surface area contributed by atoms with E-state index in [4.69, 9.17) is 11.6 Å². The second kappa shape index (κ2) is 5.63. The van der Waals surface area contributed by atoms with Crippen LogP contribution in [-0.2, 0) is 0 Å². The summed E-state index contributed by atoms with van der Waals surface area (Å²) in [5, 5.41) is 4.82. The largest absolute Gasteiger partial charge is 0.321 e. The fourth-order valence-corrected chi connectivity index (χ4v) is 2.50. The van der Waals surface area contributed by atoms with Gasteiger partial charge in [-0.15, -0.1) is 11.3 Å². The lowest BCUT2D eigenvalue weighted by molar-refractivity contribution is 0.102. The number of hydrogen-bond donors (Lipinski definition) is 1. The number of aromatic nitrogens is 3. The van der Waals surface area contributed by atoms with Crippen LogP contribution in [0.2, 0.25) is 5.02 Å². The van der Waals surface area contributed by atoms with Gasteiger partial charge in [-0.25, -0.2) is 14.4 Å². The molecule has 0 radical (unpaired) electrons. The maximum atomic E-state index is 13.3. The second-order valence-electron chi connectivity index (χ2n) is 4.07. The Hall–Kier alpha value is -2.25. The van der Waals surface area contributed by atoms with Gasteiger partial charge in [-0.1, -0.05) is 11.6 Å². The predicted molar refractivity (Wildman–Crippen MR) is 78.6 cm³/mol. The smallest absolute Gasteiger partial charge is 0.275 e. The molecule has 8 heteroatoms.